The van der Waals surface area contributed by atoms with E-state index in [0.717, 1.165) is 11.1 Å². The quantitative estimate of drug-likeness (QED) is 0.607. The summed E-state index contributed by atoms with van der Waals surface area (Å²) in [5.74, 6) is -2.93. The number of carbonyl (C=O) groups is 2. The third kappa shape index (κ3) is 3.47. The third-order valence-electron chi connectivity index (χ3n) is 4.91. The summed E-state index contributed by atoms with van der Waals surface area (Å²) >= 11 is 0. The van der Waals surface area contributed by atoms with Crippen LogP contribution in [0.4, 0.5) is 0 Å². The van der Waals surface area contributed by atoms with Gasteiger partial charge in [-0.1, -0.05) is 91.0 Å². The lowest BCUT2D eigenvalue weighted by molar-refractivity contribution is -0.118. The summed E-state index contributed by atoms with van der Waals surface area (Å²) in [4.78, 5) is 25.8. The van der Waals surface area contributed by atoms with Crippen LogP contribution >= 0.6 is 0 Å². The predicted octanol–water partition coefficient (Wildman–Crippen LogP) is 5.05. The highest BCUT2D eigenvalue weighted by Crippen LogP contribution is 2.33. The molecule has 0 aliphatic heterocycles. The molecule has 3 aromatic carbocycles. The number of hydrogen-bond acceptors (Lipinski definition) is 4. The van der Waals surface area contributed by atoms with Crippen LogP contribution in [0.2, 0.25) is 0 Å². The lowest BCUT2D eigenvalue weighted by Gasteiger charge is -2.18. The number of rotatable bonds is 4. The summed E-state index contributed by atoms with van der Waals surface area (Å²) in [5.41, 5.74) is 2.20. The van der Waals surface area contributed by atoms with Crippen LogP contribution in [0, 0.1) is 0 Å². The van der Waals surface area contributed by atoms with E-state index in [0.29, 0.717) is 11.1 Å². The number of allylic oxidation sites excluding steroid dienone is 3. The first-order valence-corrected chi connectivity index (χ1v) is 9.41. The second-order valence-electron chi connectivity index (χ2n) is 6.80. The van der Waals surface area contributed by atoms with Gasteiger partial charge in [-0.15, -0.1) is 0 Å². The van der Waals surface area contributed by atoms with Crippen LogP contribution in [0.1, 0.15) is 16.7 Å². The van der Waals surface area contributed by atoms with Gasteiger partial charge in [0.05, 0.1) is 11.1 Å². The maximum Gasteiger partial charge on any atom is 0.232 e. The maximum atomic E-state index is 12.9. The van der Waals surface area contributed by atoms with Gasteiger partial charge in [-0.3, -0.25) is 9.59 Å². The molecule has 0 fully saturated rings. The van der Waals surface area contributed by atoms with Gasteiger partial charge in [0.2, 0.25) is 11.6 Å². The molecule has 0 unspecified atom stereocenters. The summed E-state index contributed by atoms with van der Waals surface area (Å²) in [6.07, 6.45) is 1.46. The molecule has 0 aromatic heterocycles. The fourth-order valence-electron chi connectivity index (χ4n) is 3.42. The topological polar surface area (TPSA) is 74.6 Å². The molecule has 3 aromatic rings. The number of hydrogen-bond donors (Lipinski definition) is 2. The minimum atomic E-state index is -0.796. The number of ketones is 2. The lowest BCUT2D eigenvalue weighted by Crippen LogP contribution is -2.22. The fraction of sp³-hybridized carbons (Fsp3) is 0. The van der Waals surface area contributed by atoms with Crippen molar-refractivity contribution in [3.05, 3.63) is 131 Å². The summed E-state index contributed by atoms with van der Waals surface area (Å²) in [5, 5.41) is 21.2. The molecule has 4 heteroatoms. The van der Waals surface area contributed by atoms with Gasteiger partial charge in [0.15, 0.2) is 11.5 Å². The lowest BCUT2D eigenvalue weighted by atomic mass is 9.86. The van der Waals surface area contributed by atoms with Crippen LogP contribution in [-0.2, 0) is 9.59 Å². The minimum absolute atomic E-state index is 0.198. The van der Waals surface area contributed by atoms with E-state index in [9.17, 15) is 19.8 Å². The number of aliphatic hydroxyl groups is 2. The molecule has 0 saturated carbocycles. The van der Waals surface area contributed by atoms with Crippen molar-refractivity contribution in [3.8, 4) is 0 Å². The molecule has 0 saturated heterocycles. The van der Waals surface area contributed by atoms with Crippen LogP contribution in [0.5, 0.6) is 0 Å². The van der Waals surface area contributed by atoms with Crippen LogP contribution in [-0.4, -0.2) is 21.8 Å². The molecule has 0 amide bonds. The van der Waals surface area contributed by atoms with E-state index < -0.39 is 23.1 Å². The highest BCUT2D eigenvalue weighted by molar-refractivity contribution is 6.38. The fourth-order valence-corrected chi connectivity index (χ4v) is 3.42. The van der Waals surface area contributed by atoms with E-state index in [-0.39, 0.29) is 11.1 Å². The van der Waals surface area contributed by atoms with Crippen LogP contribution in [0.15, 0.2) is 114 Å². The van der Waals surface area contributed by atoms with Crippen LogP contribution in [0.3, 0.4) is 0 Å². The summed E-state index contributed by atoms with van der Waals surface area (Å²) in [6.45, 7) is 0. The SMILES string of the molecule is O=C1C(O)=C(c2ccccc2)C(=O)C(O)=C1C=C(c1ccccc1)c1ccccc1. The van der Waals surface area contributed by atoms with Gasteiger partial charge >= 0.3 is 0 Å². The number of Topliss-reactive ketones (excluding diaryl/α,β-unsaturated/α-hetero) is 2. The molecular weight excluding hydrogens is 376 g/mol. The average molecular weight is 394 g/mol. The number of aliphatic hydroxyl groups excluding tert-OH is 2. The Hall–Kier alpha value is -4.18. The molecule has 2 N–H and O–H groups in total. The van der Waals surface area contributed by atoms with E-state index in [4.69, 9.17) is 0 Å². The Bertz CT molecular complexity index is 1160. The zero-order valence-corrected chi connectivity index (χ0v) is 15.9. The van der Waals surface area contributed by atoms with Crippen molar-refractivity contribution in [2.24, 2.45) is 0 Å². The Labute approximate surface area is 173 Å². The van der Waals surface area contributed by atoms with E-state index in [2.05, 4.69) is 0 Å². The van der Waals surface area contributed by atoms with Crippen LogP contribution in [0.25, 0.3) is 11.1 Å². The Morgan fingerprint density at radius 3 is 1.57 bits per heavy atom. The molecule has 1 aliphatic rings. The Morgan fingerprint density at radius 2 is 1.07 bits per heavy atom. The van der Waals surface area contributed by atoms with Crippen molar-refractivity contribution in [1.82, 2.24) is 0 Å². The molecule has 1 aliphatic carbocycles. The largest absolute Gasteiger partial charge is 0.504 e. The standard InChI is InChI=1S/C26H18O4/c27-23-21(24(28)26(30)22(25(23)29)19-14-8-3-9-15-19)16-20(17-10-4-1-5-11-17)18-12-6-2-7-13-18/h1-16,27,30H. The monoisotopic (exact) mass is 394 g/mol. The summed E-state index contributed by atoms with van der Waals surface area (Å²) in [7, 11) is 0. The number of carbonyl (C=O) groups excluding carboxylic acids is 2. The van der Waals surface area contributed by atoms with Gasteiger partial charge in [0, 0.05) is 0 Å². The van der Waals surface area contributed by atoms with Crippen molar-refractivity contribution in [2.75, 3.05) is 0 Å². The molecule has 0 radical (unpaired) electrons. The third-order valence-corrected chi connectivity index (χ3v) is 4.91. The molecule has 4 rings (SSSR count). The van der Waals surface area contributed by atoms with Gasteiger partial charge in [-0.25, -0.2) is 0 Å². The first kappa shape index (κ1) is 19.2. The van der Waals surface area contributed by atoms with Gasteiger partial charge < -0.3 is 10.2 Å². The van der Waals surface area contributed by atoms with Gasteiger partial charge in [0.25, 0.3) is 0 Å². The molecule has 0 heterocycles. The van der Waals surface area contributed by atoms with Gasteiger partial charge in [-0.05, 0) is 28.3 Å². The summed E-state index contributed by atoms with van der Waals surface area (Å²) in [6, 6.07) is 27.0. The second kappa shape index (κ2) is 8.05. The van der Waals surface area contributed by atoms with Crippen molar-refractivity contribution in [1.29, 1.82) is 0 Å². The first-order chi connectivity index (χ1) is 14.6. The van der Waals surface area contributed by atoms with E-state index >= 15 is 0 Å². The molecule has 30 heavy (non-hydrogen) atoms. The first-order valence-electron chi connectivity index (χ1n) is 9.41. The molecule has 146 valence electrons. The Balaban J connectivity index is 1.87. The van der Waals surface area contributed by atoms with Crippen molar-refractivity contribution >= 4 is 22.7 Å². The summed E-state index contributed by atoms with van der Waals surface area (Å²) < 4.78 is 0. The normalized spacial score (nSPS) is 14.1. The second-order valence-corrected chi connectivity index (χ2v) is 6.80. The molecular formula is C26H18O4. The highest BCUT2D eigenvalue weighted by atomic mass is 16.3. The van der Waals surface area contributed by atoms with Crippen molar-refractivity contribution in [2.45, 2.75) is 0 Å². The van der Waals surface area contributed by atoms with Gasteiger partial charge in [-0.2, -0.15) is 0 Å². The van der Waals surface area contributed by atoms with Crippen molar-refractivity contribution < 1.29 is 19.8 Å². The maximum absolute atomic E-state index is 12.9. The molecule has 4 nitrogen and oxygen atoms in total. The minimum Gasteiger partial charge on any atom is -0.504 e. The van der Waals surface area contributed by atoms with Gasteiger partial charge in [0.1, 0.15) is 0 Å². The molecule has 0 atom stereocenters. The zero-order chi connectivity index (χ0) is 21.1. The van der Waals surface area contributed by atoms with E-state index in [1.165, 1.54) is 6.08 Å². The zero-order valence-electron chi connectivity index (χ0n) is 15.9. The predicted molar refractivity (Wildman–Crippen MR) is 116 cm³/mol. The molecule has 0 spiro atoms. The average Bonchev–Trinajstić information content (AvgIpc) is 2.80. The Kier molecular flexibility index (Phi) is 5.14. The molecule has 0 bridgehead atoms. The Morgan fingerprint density at radius 1 is 0.600 bits per heavy atom. The van der Waals surface area contributed by atoms with E-state index in [1.54, 1.807) is 30.3 Å². The highest BCUT2D eigenvalue weighted by Gasteiger charge is 2.35. The smallest absolute Gasteiger partial charge is 0.232 e. The number of benzene rings is 3. The van der Waals surface area contributed by atoms with Crippen LogP contribution < -0.4 is 0 Å². The van der Waals surface area contributed by atoms with Crippen molar-refractivity contribution in [3.63, 3.8) is 0 Å². The van der Waals surface area contributed by atoms with E-state index in [1.807, 2.05) is 60.7 Å².